The van der Waals surface area contributed by atoms with Gasteiger partial charge in [-0.3, -0.25) is 14.5 Å². The predicted octanol–water partition coefficient (Wildman–Crippen LogP) is 0.285. The lowest BCUT2D eigenvalue weighted by Gasteiger charge is -2.42. The third-order valence-electron chi connectivity index (χ3n) is 7.71. The number of fused-ring (bicyclic) bond motifs is 3. The highest BCUT2D eigenvalue weighted by Gasteiger charge is 2.58. The Kier molecular flexibility index (Phi) is 6.30. The average molecular weight is 491 g/mol. The van der Waals surface area contributed by atoms with Gasteiger partial charge in [0.05, 0.1) is 30.2 Å². The summed E-state index contributed by atoms with van der Waals surface area (Å²) in [5, 5.41) is 50.3. The average Bonchev–Trinajstić information content (AvgIpc) is 3.11. The summed E-state index contributed by atoms with van der Waals surface area (Å²) in [5.74, 6) is -2.69. The molecule has 1 aliphatic carbocycles. The normalized spacial score (nSPS) is 25.8. The Balaban J connectivity index is 1.54. The van der Waals surface area contributed by atoms with Crippen molar-refractivity contribution in [2.24, 2.45) is 17.8 Å². The molecule has 11 heteroatoms. The number of phenolic OH excluding ortho intramolecular Hbond substituents is 1. The number of aryl methyl sites for hydroxylation is 2. The molecule has 5 rings (SSSR count). The maximum atomic E-state index is 13.7. The minimum atomic E-state index is -1.75. The Morgan fingerprint density at radius 3 is 2.42 bits per heavy atom. The van der Waals surface area contributed by atoms with Crippen molar-refractivity contribution in [1.29, 1.82) is 0 Å². The number of aliphatic hydroxyl groups excluding tert-OH is 1. The Morgan fingerprint density at radius 1 is 1.08 bits per heavy atom. The zero-order valence-corrected chi connectivity index (χ0v) is 20.0. The van der Waals surface area contributed by atoms with E-state index in [9.17, 15) is 34.9 Å². The van der Waals surface area contributed by atoms with E-state index in [1.807, 2.05) is 0 Å². The van der Waals surface area contributed by atoms with Crippen molar-refractivity contribution >= 4 is 37.2 Å². The van der Waals surface area contributed by atoms with Crippen LogP contribution in [0.1, 0.15) is 35.6 Å². The Labute approximate surface area is 208 Å². The fourth-order valence-electron chi connectivity index (χ4n) is 6.03. The van der Waals surface area contributed by atoms with E-state index in [0.29, 0.717) is 28.6 Å². The number of rotatable bonds is 4. The summed E-state index contributed by atoms with van der Waals surface area (Å²) in [6.45, 7) is 3.17. The first kappa shape index (κ1) is 24.7. The predicted molar refractivity (Wildman–Crippen MR) is 132 cm³/mol. The van der Waals surface area contributed by atoms with E-state index >= 15 is 0 Å². The third-order valence-corrected chi connectivity index (χ3v) is 7.71. The molecule has 186 valence electrons. The summed E-state index contributed by atoms with van der Waals surface area (Å²) < 4.78 is 5.93. The molecule has 4 atom stereocenters. The van der Waals surface area contributed by atoms with Crippen molar-refractivity contribution in [3.05, 3.63) is 64.1 Å². The summed E-state index contributed by atoms with van der Waals surface area (Å²) in [5.41, 5.74) is 3.39. The van der Waals surface area contributed by atoms with Gasteiger partial charge in [0.25, 0.3) is 0 Å². The Morgan fingerprint density at radius 2 is 1.78 bits per heavy atom. The molecule has 2 heterocycles. The van der Waals surface area contributed by atoms with Crippen LogP contribution in [0, 0.1) is 31.6 Å². The lowest BCUT2D eigenvalue weighted by atomic mass is 9.55. The second kappa shape index (κ2) is 9.17. The molecule has 36 heavy (non-hydrogen) atoms. The second-order valence-corrected chi connectivity index (χ2v) is 9.86. The number of imide groups is 1. The van der Waals surface area contributed by atoms with Crippen LogP contribution in [-0.2, 0) is 14.2 Å². The maximum absolute atomic E-state index is 13.7. The topological polar surface area (TPSA) is 148 Å². The summed E-state index contributed by atoms with van der Waals surface area (Å²) in [6, 6.07) is 9.53. The maximum Gasteiger partial charge on any atom is 0.488 e. The number of hydrogen-bond acceptors (Lipinski definition) is 8. The van der Waals surface area contributed by atoms with Crippen LogP contribution < -0.4 is 10.4 Å². The summed E-state index contributed by atoms with van der Waals surface area (Å²) in [4.78, 5) is 28.3. The van der Waals surface area contributed by atoms with Crippen molar-refractivity contribution < 1.29 is 39.5 Å². The number of carbonyl (C=O) groups is 2. The molecule has 2 amide bonds. The molecule has 0 bridgehead atoms. The van der Waals surface area contributed by atoms with Crippen LogP contribution in [0.4, 0.5) is 5.69 Å². The number of aliphatic hydroxyl groups is 1. The molecule has 0 saturated carbocycles. The number of phenols is 1. The molecule has 2 aromatic carbocycles. The van der Waals surface area contributed by atoms with E-state index in [4.69, 9.17) is 4.65 Å². The van der Waals surface area contributed by atoms with Gasteiger partial charge in [0.1, 0.15) is 5.75 Å². The van der Waals surface area contributed by atoms with E-state index < -0.39 is 49.9 Å². The van der Waals surface area contributed by atoms with Crippen LogP contribution in [-0.4, -0.2) is 57.9 Å². The van der Waals surface area contributed by atoms with Gasteiger partial charge in [0, 0.05) is 0 Å². The molecule has 0 unspecified atom stereocenters. The van der Waals surface area contributed by atoms with Crippen LogP contribution in [0.5, 0.6) is 5.75 Å². The lowest BCUT2D eigenvalue weighted by Crippen LogP contribution is -2.45. The molecule has 2 fully saturated rings. The highest BCUT2D eigenvalue weighted by molar-refractivity contribution is 6.58. The number of nitrogens with zero attached hydrogens (tertiary/aromatic N) is 1. The molecule has 2 aromatic rings. The molecule has 0 aromatic heterocycles. The number of allylic oxidation sites excluding steroid dienone is 1. The minimum Gasteiger partial charge on any atom is -0.507 e. The quantitative estimate of drug-likeness (QED) is 0.303. The molecule has 5 N–H and O–H groups in total. The SMILES string of the molecule is Cc1cc([C@@H]2C[C@@H]3C(=C(CO)C[C@@H]4C(=O)N(c5cccc(B(O)O)c5)C(=O)[C@@H]43)B(O)O2)cc(C)c1O. The first-order chi connectivity index (χ1) is 17.1. The molecule has 9 nitrogen and oxygen atoms in total. The summed E-state index contributed by atoms with van der Waals surface area (Å²) >= 11 is 0. The van der Waals surface area contributed by atoms with E-state index in [0.717, 1.165) is 10.5 Å². The molecule has 2 saturated heterocycles. The first-order valence-electron chi connectivity index (χ1n) is 11.9. The Hall–Kier alpha value is -2.95. The van der Waals surface area contributed by atoms with Gasteiger partial charge in [-0.15, -0.1) is 0 Å². The fraction of sp³-hybridized carbons (Fsp3) is 0.360. The largest absolute Gasteiger partial charge is 0.507 e. The number of benzene rings is 2. The van der Waals surface area contributed by atoms with E-state index in [1.54, 1.807) is 38.1 Å². The van der Waals surface area contributed by atoms with E-state index in [1.165, 1.54) is 12.1 Å². The van der Waals surface area contributed by atoms with Gasteiger partial charge in [0.15, 0.2) is 0 Å². The van der Waals surface area contributed by atoms with Crippen molar-refractivity contribution in [1.82, 2.24) is 0 Å². The van der Waals surface area contributed by atoms with Crippen LogP contribution in [0.25, 0.3) is 0 Å². The van der Waals surface area contributed by atoms with Gasteiger partial charge in [-0.05, 0) is 90.1 Å². The van der Waals surface area contributed by atoms with Crippen molar-refractivity contribution in [3.8, 4) is 5.75 Å². The van der Waals surface area contributed by atoms with Gasteiger partial charge in [-0.1, -0.05) is 12.1 Å². The molecule has 3 aliphatic rings. The summed E-state index contributed by atoms with van der Waals surface area (Å²) in [7, 11) is -3.10. The van der Waals surface area contributed by atoms with Gasteiger partial charge in [-0.25, -0.2) is 0 Å². The fourth-order valence-corrected chi connectivity index (χ4v) is 6.03. The highest BCUT2D eigenvalue weighted by Crippen LogP contribution is 2.52. The van der Waals surface area contributed by atoms with Gasteiger partial charge < -0.3 is 29.9 Å². The second-order valence-electron chi connectivity index (χ2n) is 9.86. The van der Waals surface area contributed by atoms with Crippen molar-refractivity contribution in [3.63, 3.8) is 0 Å². The van der Waals surface area contributed by atoms with E-state index in [-0.39, 0.29) is 29.9 Å². The number of carbonyl (C=O) groups excluding carboxylic acids is 2. The minimum absolute atomic E-state index is 0.124. The third kappa shape index (κ3) is 3.88. The van der Waals surface area contributed by atoms with Gasteiger partial charge in [0.2, 0.25) is 11.8 Å². The standard InChI is InChI=1S/C25H27B2NO8/c1-12-6-14(7-13(2)23(12)30)20-10-18-21-19(8-15(11-29)22(18)27(35)36-20)24(31)28(25(21)32)17-5-3-4-16(9-17)26(33)34/h3-7,9,18-21,29-30,33-35H,8,10-11H2,1-2H3/t18-,19-,20-,21+/m0/s1. The van der Waals surface area contributed by atoms with Crippen molar-refractivity contribution in [2.75, 3.05) is 11.5 Å². The Bertz CT molecular complexity index is 1260. The number of aromatic hydroxyl groups is 1. The molecular formula is C25H27B2NO8. The monoisotopic (exact) mass is 491 g/mol. The van der Waals surface area contributed by atoms with Crippen LogP contribution in [0.15, 0.2) is 47.4 Å². The van der Waals surface area contributed by atoms with Gasteiger partial charge >= 0.3 is 14.2 Å². The lowest BCUT2D eigenvalue weighted by molar-refractivity contribution is -0.123. The summed E-state index contributed by atoms with van der Waals surface area (Å²) in [6.07, 6.45) is -0.155. The molecule has 0 spiro atoms. The van der Waals surface area contributed by atoms with E-state index in [2.05, 4.69) is 0 Å². The molecule has 2 aliphatic heterocycles. The number of hydrogen-bond donors (Lipinski definition) is 5. The zero-order valence-electron chi connectivity index (χ0n) is 20.0. The number of amides is 2. The van der Waals surface area contributed by atoms with Gasteiger partial charge in [-0.2, -0.15) is 0 Å². The smallest absolute Gasteiger partial charge is 0.488 e. The first-order valence-corrected chi connectivity index (χ1v) is 11.9. The number of anilines is 1. The zero-order chi connectivity index (χ0) is 25.9. The van der Waals surface area contributed by atoms with Crippen molar-refractivity contribution in [2.45, 2.75) is 32.8 Å². The molecular weight excluding hydrogens is 464 g/mol. The van der Waals surface area contributed by atoms with Crippen LogP contribution >= 0.6 is 0 Å². The van der Waals surface area contributed by atoms with Crippen LogP contribution in [0.3, 0.4) is 0 Å². The van der Waals surface area contributed by atoms with Crippen LogP contribution in [0.2, 0.25) is 0 Å². The highest BCUT2D eigenvalue weighted by atomic mass is 16.5. The molecule has 0 radical (unpaired) electrons.